The Labute approximate surface area is 710 Å². The van der Waals surface area contributed by atoms with Crippen LogP contribution >= 0.6 is 11.6 Å². The van der Waals surface area contributed by atoms with E-state index in [1.54, 1.807) is 57.0 Å². The normalized spacial score (nSPS) is 16.6. The van der Waals surface area contributed by atoms with Crippen molar-refractivity contribution in [3.8, 4) is 33.8 Å². The first kappa shape index (κ1) is 98.0. The Morgan fingerprint density at radius 1 is 0.496 bits per heavy atom. The van der Waals surface area contributed by atoms with E-state index >= 15 is 4.39 Å². The van der Waals surface area contributed by atoms with Crippen molar-refractivity contribution in [1.82, 2.24) is 59.1 Å². The van der Waals surface area contributed by atoms with Gasteiger partial charge in [0.25, 0.3) is 0 Å². The number of aromatic nitrogens is 12. The van der Waals surface area contributed by atoms with Gasteiger partial charge in [0.05, 0.1) is 25.6 Å². The van der Waals surface area contributed by atoms with Gasteiger partial charge in [-0.15, -0.1) is 0 Å². The van der Waals surface area contributed by atoms with Crippen molar-refractivity contribution in [3.05, 3.63) is 115 Å². The van der Waals surface area contributed by atoms with Gasteiger partial charge in [0.2, 0.25) is 0 Å². The summed E-state index contributed by atoms with van der Waals surface area (Å²) in [5.74, 6) is 0.162. The van der Waals surface area contributed by atoms with Gasteiger partial charge in [0, 0.05) is 153 Å². The van der Waals surface area contributed by atoms with Crippen molar-refractivity contribution >= 4 is 101 Å². The molecule has 30 heteroatoms. The molecule has 0 bridgehead atoms. The molecule has 8 heterocycles. The van der Waals surface area contributed by atoms with Crippen LogP contribution in [0, 0.1) is 11.8 Å². The van der Waals surface area contributed by atoms with E-state index in [0.717, 1.165) is 82.3 Å². The monoisotopic (exact) mass is 1810 g/mol. The zero-order valence-electron chi connectivity index (χ0n) is 72.8. The number of halogens is 3. The molecular formula is C87H139ClF2N14O8Si4Sn. The largest absolute Gasteiger partial charge is 0.464 e. The Balaban J connectivity index is 0.000000264. The van der Waals surface area contributed by atoms with Gasteiger partial charge in [0.1, 0.15) is 49.4 Å². The number of alkyl halides is 2. The van der Waals surface area contributed by atoms with E-state index in [0.29, 0.717) is 120 Å². The zero-order valence-corrected chi connectivity index (χ0v) is 80.4. The average molecular weight is 1810 g/mol. The molecule has 117 heavy (non-hydrogen) atoms. The molecule has 2 atom stereocenters. The number of carbonyl (C=O) groups excluding carboxylic acids is 2. The summed E-state index contributed by atoms with van der Waals surface area (Å²) >= 11 is 3.78. The van der Waals surface area contributed by atoms with Crippen LogP contribution < -0.4 is 13.6 Å². The van der Waals surface area contributed by atoms with Crippen molar-refractivity contribution in [2.45, 2.75) is 272 Å². The van der Waals surface area contributed by atoms with E-state index in [4.69, 9.17) is 70.2 Å². The number of pyridine rings is 2. The van der Waals surface area contributed by atoms with Crippen LogP contribution in [0.2, 0.25) is 121 Å². The van der Waals surface area contributed by atoms with Gasteiger partial charge in [-0.3, -0.25) is 4.98 Å². The fourth-order valence-electron chi connectivity index (χ4n) is 14.5. The van der Waals surface area contributed by atoms with E-state index in [-0.39, 0.29) is 44.3 Å². The molecule has 10 rings (SSSR count). The minimum Gasteiger partial charge on any atom is -0.464 e. The van der Waals surface area contributed by atoms with E-state index in [2.05, 4.69) is 141 Å². The Hall–Kier alpha value is -6.10. The SMILES string of the molecule is C.CCC[CH2][Sn]([CH2]CCC)([CH2]CCC)[c]1ncccn1.CCOC(=O)C(F)C1CCC(c2cc(N(COCC[Si](C)(C)C)COCC[Si](C)(C)C)n3ncc(-c4ccc(-c5ncccn5)nc4)c3n2)CC1.CCOC(=O)C(F)C1CCC(c2cc(N(COCC[Si](C)(C)C)COCC[Si](C)(C)C)n3ncc(-c4ccc(Cl)nc4)c3n2)CC1. The van der Waals surface area contributed by atoms with Gasteiger partial charge in [0.15, 0.2) is 29.5 Å². The fraction of sp³-hybridized carbons (Fsp3) is 0.632. The van der Waals surface area contributed by atoms with Gasteiger partial charge < -0.3 is 38.2 Å². The van der Waals surface area contributed by atoms with Crippen molar-refractivity contribution in [2.75, 3.05) is 76.4 Å². The molecule has 2 unspecified atom stereocenters. The number of esters is 2. The van der Waals surface area contributed by atoms with Crippen molar-refractivity contribution in [3.63, 3.8) is 0 Å². The first-order valence-corrected chi connectivity index (χ1v) is 65.4. The minimum absolute atomic E-state index is 0. The van der Waals surface area contributed by atoms with Gasteiger partial charge >= 0.3 is 135 Å². The van der Waals surface area contributed by atoms with Crippen molar-refractivity contribution in [2.24, 2.45) is 11.8 Å². The first-order chi connectivity index (χ1) is 55.4. The molecule has 8 aromatic rings. The molecule has 646 valence electrons. The molecule has 0 saturated heterocycles. The van der Waals surface area contributed by atoms with Gasteiger partial charge in [-0.05, 0) is 114 Å². The molecule has 0 aromatic carbocycles. The van der Waals surface area contributed by atoms with Crippen molar-refractivity contribution in [1.29, 1.82) is 0 Å². The molecule has 0 amide bonds. The van der Waals surface area contributed by atoms with E-state index < -0.39 is 75.0 Å². The summed E-state index contributed by atoms with van der Waals surface area (Å²) in [6.07, 6.45) is 24.5. The maximum absolute atomic E-state index is 15.0. The van der Waals surface area contributed by atoms with Gasteiger partial charge in [-0.1, -0.05) is 104 Å². The van der Waals surface area contributed by atoms with Crippen LogP contribution in [0.4, 0.5) is 20.4 Å². The van der Waals surface area contributed by atoms with Crippen LogP contribution in [-0.2, 0) is 38.0 Å². The number of unbranched alkanes of at least 4 members (excludes halogenated alkanes) is 3. The summed E-state index contributed by atoms with van der Waals surface area (Å²) < 4.78 is 74.4. The minimum atomic E-state index is -2.32. The third kappa shape index (κ3) is 31.1. The maximum atomic E-state index is 15.0. The maximum Gasteiger partial charge on any atom is 0.341 e. The molecule has 0 radical (unpaired) electrons. The molecule has 2 fully saturated rings. The molecule has 2 aliphatic rings. The van der Waals surface area contributed by atoms with Gasteiger partial charge in [-0.2, -0.15) is 19.2 Å². The molecule has 8 aromatic heterocycles. The topological polar surface area (TPSA) is 234 Å². The number of hydrogen-bond donors (Lipinski definition) is 0. The summed E-state index contributed by atoms with van der Waals surface area (Å²) in [6.45, 7) is 42.9. The molecule has 22 nitrogen and oxygen atoms in total. The Bertz CT molecular complexity index is 4160. The van der Waals surface area contributed by atoms with Crippen molar-refractivity contribution < 1.29 is 46.8 Å². The molecule has 2 aliphatic carbocycles. The number of hydrogen-bond acceptors (Lipinski definition) is 20. The van der Waals surface area contributed by atoms with Gasteiger partial charge in [-0.25, -0.2) is 43.3 Å². The summed E-state index contributed by atoms with van der Waals surface area (Å²) in [4.78, 5) is 65.8. The number of nitrogens with zero attached hydrogens (tertiary/aromatic N) is 14. The van der Waals surface area contributed by atoms with E-state index in [9.17, 15) is 14.0 Å². The molecule has 2 saturated carbocycles. The zero-order chi connectivity index (χ0) is 84.1. The summed E-state index contributed by atoms with van der Waals surface area (Å²) in [6, 6.07) is 19.7. The smallest absolute Gasteiger partial charge is 0.341 e. The molecule has 0 N–H and O–H groups in total. The number of rotatable bonds is 43. The summed E-state index contributed by atoms with van der Waals surface area (Å²) in [5.41, 5.74) is 7.28. The second-order valence-electron chi connectivity index (χ2n) is 36.2. The van der Waals surface area contributed by atoms with Crippen LogP contribution in [0.15, 0.2) is 98.1 Å². The number of carbonyl (C=O) groups is 2. The number of ether oxygens (including phenoxy) is 6. The van der Waals surface area contributed by atoms with Crippen LogP contribution in [0.1, 0.15) is 155 Å². The molecular weight excluding hydrogens is 1670 g/mol. The van der Waals surface area contributed by atoms with Crippen LogP contribution in [0.5, 0.6) is 0 Å². The third-order valence-corrected chi connectivity index (χ3v) is 43.5. The Kier molecular flexibility index (Phi) is 40.1. The summed E-state index contributed by atoms with van der Waals surface area (Å²) in [5, 5.41) is 10.1. The third-order valence-electron chi connectivity index (χ3n) is 21.8. The average Bonchev–Trinajstić information content (AvgIpc) is 1.65. The van der Waals surface area contributed by atoms with Crippen LogP contribution in [-0.4, -0.2) is 201 Å². The van der Waals surface area contributed by atoms with E-state index in [1.807, 2.05) is 51.9 Å². The van der Waals surface area contributed by atoms with Crippen LogP contribution in [0.3, 0.4) is 0 Å². The molecule has 0 aliphatic heterocycles. The Morgan fingerprint density at radius 3 is 1.18 bits per heavy atom. The second-order valence-corrected chi connectivity index (χ2v) is 71.9. The number of fused-ring (bicyclic) bond motifs is 2. The first-order valence-electron chi connectivity index (χ1n) is 42.7. The molecule has 0 spiro atoms. The standard InChI is InChI=1S/C37H54FN7O4Si2.C33H51ClFN5O4Si2.C4H3N2.3C4H9.CH4.Sn/c1-8-49-37(46)34(38)28-12-10-27(11-13-28)32-22-33(44(25-47-18-20-50(2,3)4)26-48-19-21-51(5,6)7)45-36(43-32)30(24-42-45)29-14-15-31(41-23-29)35-39-16-9-17-40-35;1-8-44-33(41)31(35)25-11-9-24(10-12-25)28-19-30(40-32(38-28)27(21-37-40)26-13-14-29(34)36-20-26)39(22-42-15-17-45(2,3)4)23-43-16-18-46(5,6)7;1-2-5-4-6-3-1;3*1-3-4-2;;/h9,14-17,22-24,27-28,34H,8,10-13,18-21,25-26H2,1-7H3;13-14,19-21,24-25,31H,8-12,15-18,22-23H2,1-7H3;1-3H;3*1,3-4H2,2H3;1H4;. The fourth-order valence-corrected chi connectivity index (χ4v) is 32.5. The Morgan fingerprint density at radius 2 is 0.855 bits per heavy atom. The summed E-state index contributed by atoms with van der Waals surface area (Å²) in [7, 11) is -5.12. The predicted molar refractivity (Wildman–Crippen MR) is 485 cm³/mol. The quantitative estimate of drug-likeness (QED) is 0.0114. The predicted octanol–water partition coefficient (Wildman–Crippen LogP) is 21.1. The second kappa shape index (κ2) is 47.9. The van der Waals surface area contributed by atoms with Crippen LogP contribution in [0.25, 0.3) is 45.1 Å². The van der Waals surface area contributed by atoms with E-state index in [1.165, 1.54) is 55.7 Å². The number of anilines is 2.